The average molecular weight is 293 g/mol. The van der Waals surface area contributed by atoms with Gasteiger partial charge in [0.15, 0.2) is 6.29 Å². The number of halogens is 1. The zero-order chi connectivity index (χ0) is 11.8. The van der Waals surface area contributed by atoms with Crippen molar-refractivity contribution in [3.8, 4) is 5.69 Å². The van der Waals surface area contributed by atoms with Crippen molar-refractivity contribution in [2.45, 2.75) is 13.2 Å². The SMILES string of the molecule is O=Cc1nn(-c2ccccc2Br)c2c1COC2. The van der Waals surface area contributed by atoms with Crippen LogP contribution in [-0.4, -0.2) is 16.1 Å². The highest BCUT2D eigenvalue weighted by molar-refractivity contribution is 9.10. The third kappa shape index (κ3) is 1.62. The van der Waals surface area contributed by atoms with Gasteiger partial charge >= 0.3 is 0 Å². The summed E-state index contributed by atoms with van der Waals surface area (Å²) in [4.78, 5) is 11.0. The molecule has 1 aliphatic heterocycles. The van der Waals surface area contributed by atoms with Crippen LogP contribution in [0.2, 0.25) is 0 Å². The van der Waals surface area contributed by atoms with Crippen LogP contribution in [0.15, 0.2) is 28.7 Å². The molecule has 86 valence electrons. The van der Waals surface area contributed by atoms with E-state index in [0.29, 0.717) is 18.9 Å². The van der Waals surface area contributed by atoms with Gasteiger partial charge in [-0.1, -0.05) is 12.1 Å². The Morgan fingerprint density at radius 2 is 2.18 bits per heavy atom. The summed E-state index contributed by atoms with van der Waals surface area (Å²) < 4.78 is 8.08. The van der Waals surface area contributed by atoms with Crippen LogP contribution in [0.5, 0.6) is 0 Å². The standard InChI is InChI=1S/C12H9BrN2O2/c13-9-3-1-2-4-11(9)15-12-7-17-6-8(12)10(5-16)14-15/h1-5H,6-7H2. The Kier molecular flexibility index (Phi) is 2.57. The molecule has 0 saturated carbocycles. The predicted octanol–water partition coefficient (Wildman–Crippen LogP) is 2.48. The van der Waals surface area contributed by atoms with Gasteiger partial charge in [0, 0.05) is 10.0 Å². The molecule has 0 atom stereocenters. The first-order valence-electron chi connectivity index (χ1n) is 5.20. The molecule has 1 aromatic carbocycles. The molecule has 3 rings (SSSR count). The van der Waals surface area contributed by atoms with Crippen molar-refractivity contribution in [1.29, 1.82) is 0 Å². The number of hydrogen-bond donors (Lipinski definition) is 0. The fourth-order valence-electron chi connectivity index (χ4n) is 1.98. The molecule has 2 aromatic rings. The van der Waals surface area contributed by atoms with Gasteiger partial charge in [0.25, 0.3) is 0 Å². The first-order chi connectivity index (χ1) is 8.31. The zero-order valence-electron chi connectivity index (χ0n) is 8.89. The van der Waals surface area contributed by atoms with Gasteiger partial charge in [0.2, 0.25) is 0 Å². The number of fused-ring (bicyclic) bond motifs is 1. The van der Waals surface area contributed by atoms with E-state index < -0.39 is 0 Å². The van der Waals surface area contributed by atoms with Crippen molar-refractivity contribution < 1.29 is 9.53 Å². The summed E-state index contributed by atoms with van der Waals surface area (Å²) in [6.45, 7) is 0.964. The molecule has 0 radical (unpaired) electrons. The van der Waals surface area contributed by atoms with Crippen LogP contribution < -0.4 is 0 Å². The zero-order valence-corrected chi connectivity index (χ0v) is 10.5. The molecule has 5 heteroatoms. The van der Waals surface area contributed by atoms with Gasteiger partial charge in [0.1, 0.15) is 5.69 Å². The summed E-state index contributed by atoms with van der Waals surface area (Å²) in [5.41, 5.74) is 3.24. The number of hydrogen-bond acceptors (Lipinski definition) is 3. The molecule has 0 unspecified atom stereocenters. The Bertz CT molecular complexity index is 592. The minimum absolute atomic E-state index is 0.466. The van der Waals surface area contributed by atoms with E-state index >= 15 is 0 Å². The minimum atomic E-state index is 0.466. The maximum Gasteiger partial charge on any atom is 0.170 e. The number of carbonyl (C=O) groups is 1. The summed E-state index contributed by atoms with van der Waals surface area (Å²) in [6.07, 6.45) is 0.779. The Morgan fingerprint density at radius 1 is 1.35 bits per heavy atom. The van der Waals surface area contributed by atoms with E-state index in [0.717, 1.165) is 27.7 Å². The Morgan fingerprint density at radius 3 is 2.94 bits per heavy atom. The normalized spacial score (nSPS) is 13.7. The second-order valence-corrected chi connectivity index (χ2v) is 4.64. The highest BCUT2D eigenvalue weighted by Crippen LogP contribution is 2.28. The average Bonchev–Trinajstić information content (AvgIpc) is 2.91. The highest BCUT2D eigenvalue weighted by atomic mass is 79.9. The van der Waals surface area contributed by atoms with E-state index in [1.54, 1.807) is 4.68 Å². The number of nitrogens with zero attached hydrogens (tertiary/aromatic N) is 2. The van der Waals surface area contributed by atoms with E-state index in [-0.39, 0.29) is 0 Å². The van der Waals surface area contributed by atoms with Crippen LogP contribution in [0.1, 0.15) is 21.7 Å². The van der Waals surface area contributed by atoms with Gasteiger partial charge in [-0.3, -0.25) is 4.79 Å². The van der Waals surface area contributed by atoms with Gasteiger partial charge in [-0.05, 0) is 28.1 Å². The molecule has 1 aliphatic rings. The van der Waals surface area contributed by atoms with Crippen molar-refractivity contribution in [1.82, 2.24) is 9.78 Å². The molecule has 0 fully saturated rings. The second-order valence-electron chi connectivity index (χ2n) is 3.78. The quantitative estimate of drug-likeness (QED) is 0.799. The molecular weight excluding hydrogens is 284 g/mol. The lowest BCUT2D eigenvalue weighted by molar-refractivity contribution is 0.110. The molecule has 0 aliphatic carbocycles. The molecule has 4 nitrogen and oxygen atoms in total. The minimum Gasteiger partial charge on any atom is -0.370 e. The van der Waals surface area contributed by atoms with E-state index in [1.807, 2.05) is 24.3 Å². The molecule has 0 amide bonds. The number of carbonyl (C=O) groups excluding carboxylic acids is 1. The monoisotopic (exact) mass is 292 g/mol. The Balaban J connectivity index is 2.22. The molecular formula is C12H9BrN2O2. The van der Waals surface area contributed by atoms with Crippen molar-refractivity contribution in [2.75, 3.05) is 0 Å². The van der Waals surface area contributed by atoms with Crippen LogP contribution in [0.4, 0.5) is 0 Å². The third-order valence-electron chi connectivity index (χ3n) is 2.80. The molecule has 17 heavy (non-hydrogen) atoms. The smallest absolute Gasteiger partial charge is 0.170 e. The van der Waals surface area contributed by atoms with Crippen molar-refractivity contribution >= 4 is 22.2 Å². The molecule has 0 spiro atoms. The topological polar surface area (TPSA) is 44.1 Å². The largest absolute Gasteiger partial charge is 0.370 e. The highest BCUT2D eigenvalue weighted by Gasteiger charge is 2.24. The summed E-state index contributed by atoms with van der Waals surface area (Å²) >= 11 is 3.48. The van der Waals surface area contributed by atoms with Gasteiger partial charge in [-0.25, -0.2) is 4.68 Å². The van der Waals surface area contributed by atoms with Gasteiger partial charge in [0.05, 0.1) is 24.6 Å². The summed E-state index contributed by atoms with van der Waals surface area (Å²) in [7, 11) is 0. The van der Waals surface area contributed by atoms with E-state index in [2.05, 4.69) is 21.0 Å². The van der Waals surface area contributed by atoms with E-state index in [1.165, 1.54) is 0 Å². The number of para-hydroxylation sites is 1. The Hall–Kier alpha value is -1.46. The Labute approximate surface area is 106 Å². The fourth-order valence-corrected chi connectivity index (χ4v) is 2.43. The van der Waals surface area contributed by atoms with Crippen LogP contribution in [0.25, 0.3) is 5.69 Å². The van der Waals surface area contributed by atoms with Crippen LogP contribution >= 0.6 is 15.9 Å². The van der Waals surface area contributed by atoms with Crippen LogP contribution in [0.3, 0.4) is 0 Å². The van der Waals surface area contributed by atoms with Gasteiger partial charge in [-0.2, -0.15) is 5.10 Å². The lowest BCUT2D eigenvalue weighted by Crippen LogP contribution is -2.02. The fraction of sp³-hybridized carbons (Fsp3) is 0.167. The van der Waals surface area contributed by atoms with Gasteiger partial charge in [-0.15, -0.1) is 0 Å². The van der Waals surface area contributed by atoms with Crippen LogP contribution in [0, 0.1) is 0 Å². The first kappa shape index (κ1) is 10.7. The molecule has 2 heterocycles. The van der Waals surface area contributed by atoms with Gasteiger partial charge < -0.3 is 4.74 Å². The molecule has 0 N–H and O–H groups in total. The number of ether oxygens (including phenoxy) is 1. The lowest BCUT2D eigenvalue weighted by Gasteiger charge is -2.06. The molecule has 0 bridgehead atoms. The molecule has 1 aromatic heterocycles. The summed E-state index contributed by atoms with van der Waals surface area (Å²) in [6, 6.07) is 7.77. The number of aromatic nitrogens is 2. The number of rotatable bonds is 2. The van der Waals surface area contributed by atoms with Crippen molar-refractivity contribution in [2.24, 2.45) is 0 Å². The lowest BCUT2D eigenvalue weighted by atomic mass is 10.2. The maximum absolute atomic E-state index is 11.0. The predicted molar refractivity (Wildman–Crippen MR) is 65.1 cm³/mol. The van der Waals surface area contributed by atoms with Crippen molar-refractivity contribution in [3.05, 3.63) is 45.7 Å². The third-order valence-corrected chi connectivity index (χ3v) is 3.47. The number of aldehydes is 1. The maximum atomic E-state index is 11.0. The summed E-state index contributed by atoms with van der Waals surface area (Å²) in [5, 5.41) is 4.32. The van der Waals surface area contributed by atoms with Crippen molar-refractivity contribution in [3.63, 3.8) is 0 Å². The molecule has 0 saturated heterocycles. The van der Waals surface area contributed by atoms with E-state index in [9.17, 15) is 4.79 Å². The first-order valence-corrected chi connectivity index (χ1v) is 5.99. The van der Waals surface area contributed by atoms with E-state index in [4.69, 9.17) is 4.74 Å². The second kappa shape index (κ2) is 4.09. The summed E-state index contributed by atoms with van der Waals surface area (Å²) in [5.74, 6) is 0. The van der Waals surface area contributed by atoms with Crippen LogP contribution in [-0.2, 0) is 18.0 Å². The number of benzene rings is 1.